The molecule has 0 spiro atoms. The van der Waals surface area contributed by atoms with Crippen molar-refractivity contribution in [2.45, 2.75) is 33.1 Å². The molecule has 7 nitrogen and oxygen atoms in total. The average molecular weight is 437 g/mol. The first kappa shape index (κ1) is 21.3. The Morgan fingerprint density at radius 1 is 1.03 bits per heavy atom. The second kappa shape index (κ2) is 8.64. The quantitative estimate of drug-likeness (QED) is 0.413. The van der Waals surface area contributed by atoms with Gasteiger partial charge in [0.2, 0.25) is 10.5 Å². The van der Waals surface area contributed by atoms with Crippen LogP contribution in [0.5, 0.6) is 0 Å². The summed E-state index contributed by atoms with van der Waals surface area (Å²) < 4.78 is 6.04. The summed E-state index contributed by atoms with van der Waals surface area (Å²) in [6, 6.07) is 16.1. The Morgan fingerprint density at radius 2 is 1.74 bits per heavy atom. The summed E-state index contributed by atoms with van der Waals surface area (Å²) in [6.45, 7) is 3.96. The normalized spacial score (nSPS) is 11.6. The SMILES string of the molecule is CCCn1c(=O)c2ccccc2n2c(=S)n(CN(C)Cc3ccc(N(C)C)cc3)nc12. The molecular formula is C23H28N6OS. The molecule has 0 aliphatic heterocycles. The summed E-state index contributed by atoms with van der Waals surface area (Å²) >= 11 is 5.79. The number of hydrogen-bond acceptors (Lipinski definition) is 5. The van der Waals surface area contributed by atoms with Gasteiger partial charge in [-0.05, 0) is 55.5 Å². The lowest BCUT2D eigenvalue weighted by molar-refractivity contribution is 0.244. The molecule has 2 aromatic carbocycles. The molecule has 4 rings (SSSR count). The van der Waals surface area contributed by atoms with Crippen molar-refractivity contribution < 1.29 is 0 Å². The highest BCUT2D eigenvalue weighted by molar-refractivity contribution is 7.71. The molecule has 0 radical (unpaired) electrons. The van der Waals surface area contributed by atoms with E-state index in [-0.39, 0.29) is 5.56 Å². The zero-order valence-corrected chi connectivity index (χ0v) is 19.3. The molecule has 4 aromatic rings. The molecule has 31 heavy (non-hydrogen) atoms. The molecule has 0 aliphatic rings. The van der Waals surface area contributed by atoms with Gasteiger partial charge < -0.3 is 4.90 Å². The van der Waals surface area contributed by atoms with E-state index in [4.69, 9.17) is 17.3 Å². The van der Waals surface area contributed by atoms with Gasteiger partial charge in [-0.1, -0.05) is 31.2 Å². The maximum atomic E-state index is 13.0. The molecule has 0 fully saturated rings. The van der Waals surface area contributed by atoms with Crippen molar-refractivity contribution in [1.82, 2.24) is 23.6 Å². The number of rotatable bonds is 7. The van der Waals surface area contributed by atoms with E-state index in [0.717, 1.165) is 18.5 Å². The summed E-state index contributed by atoms with van der Waals surface area (Å²) in [5.41, 5.74) is 3.17. The Morgan fingerprint density at radius 3 is 2.42 bits per heavy atom. The van der Waals surface area contributed by atoms with Crippen molar-refractivity contribution in [1.29, 1.82) is 0 Å². The number of para-hydroxylation sites is 1. The van der Waals surface area contributed by atoms with E-state index in [0.29, 0.717) is 29.1 Å². The third-order valence-corrected chi connectivity index (χ3v) is 5.81. The van der Waals surface area contributed by atoms with E-state index < -0.39 is 0 Å². The summed E-state index contributed by atoms with van der Waals surface area (Å²) in [5.74, 6) is 0.597. The molecule has 0 atom stereocenters. The minimum Gasteiger partial charge on any atom is -0.378 e. The molecule has 0 saturated carbocycles. The van der Waals surface area contributed by atoms with Gasteiger partial charge >= 0.3 is 0 Å². The Kier molecular flexibility index (Phi) is 5.93. The third kappa shape index (κ3) is 4.00. The molecular weight excluding hydrogens is 408 g/mol. The second-order valence-electron chi connectivity index (χ2n) is 8.11. The predicted octanol–water partition coefficient (Wildman–Crippen LogP) is 3.75. The van der Waals surface area contributed by atoms with E-state index in [2.05, 4.69) is 41.0 Å². The standard InChI is InChI=1S/C23H28N6OS/c1-5-14-27-21(30)19-8-6-7-9-20(19)29-22(27)24-28(23(29)31)16-26(4)15-17-10-12-18(13-11-17)25(2)3/h6-13H,5,14-16H2,1-4H3. The first-order chi connectivity index (χ1) is 14.9. The Balaban J connectivity index is 1.70. The van der Waals surface area contributed by atoms with Gasteiger partial charge in [0.1, 0.15) is 0 Å². The van der Waals surface area contributed by atoms with Crippen LogP contribution in [0.15, 0.2) is 53.3 Å². The van der Waals surface area contributed by atoms with E-state index in [1.165, 1.54) is 11.3 Å². The fourth-order valence-corrected chi connectivity index (χ4v) is 4.15. The predicted molar refractivity (Wildman–Crippen MR) is 128 cm³/mol. The molecule has 2 heterocycles. The van der Waals surface area contributed by atoms with E-state index in [1.54, 1.807) is 9.25 Å². The lowest BCUT2D eigenvalue weighted by Crippen LogP contribution is -2.23. The molecule has 0 bridgehead atoms. The van der Waals surface area contributed by atoms with Crippen molar-refractivity contribution >= 4 is 34.6 Å². The maximum Gasteiger partial charge on any atom is 0.262 e. The molecule has 0 aliphatic carbocycles. The molecule has 0 N–H and O–H groups in total. The monoisotopic (exact) mass is 436 g/mol. The van der Waals surface area contributed by atoms with Gasteiger partial charge in [-0.15, -0.1) is 5.10 Å². The molecule has 162 valence electrons. The molecule has 2 aromatic heterocycles. The number of aryl methyl sites for hydroxylation is 1. The Labute approximate surface area is 186 Å². The second-order valence-corrected chi connectivity index (χ2v) is 8.47. The van der Waals surface area contributed by atoms with Crippen molar-refractivity contribution in [3.63, 3.8) is 0 Å². The number of aromatic nitrogens is 4. The number of nitrogens with zero attached hydrogens (tertiary/aromatic N) is 6. The lowest BCUT2D eigenvalue weighted by atomic mass is 10.2. The number of fused-ring (bicyclic) bond motifs is 3. The Bertz CT molecular complexity index is 1330. The zero-order valence-electron chi connectivity index (χ0n) is 18.4. The van der Waals surface area contributed by atoms with Crippen LogP contribution in [0, 0.1) is 4.77 Å². The van der Waals surface area contributed by atoms with E-state index in [9.17, 15) is 4.79 Å². The van der Waals surface area contributed by atoms with Crippen LogP contribution in [0.4, 0.5) is 5.69 Å². The van der Waals surface area contributed by atoms with Gasteiger partial charge in [0.25, 0.3) is 5.56 Å². The summed E-state index contributed by atoms with van der Waals surface area (Å²) in [6.07, 6.45) is 0.844. The average Bonchev–Trinajstić information content (AvgIpc) is 3.07. The van der Waals surface area contributed by atoms with Crippen molar-refractivity contribution in [3.8, 4) is 0 Å². The van der Waals surface area contributed by atoms with Gasteiger partial charge in [0.05, 0.1) is 17.6 Å². The van der Waals surface area contributed by atoms with Crippen LogP contribution >= 0.6 is 12.2 Å². The fourth-order valence-electron chi connectivity index (χ4n) is 3.87. The highest BCUT2D eigenvalue weighted by atomic mass is 32.1. The molecule has 0 amide bonds. The van der Waals surface area contributed by atoms with Crippen LogP contribution in [0.25, 0.3) is 16.7 Å². The number of anilines is 1. The highest BCUT2D eigenvalue weighted by Crippen LogP contribution is 2.16. The number of benzene rings is 2. The molecule has 0 unspecified atom stereocenters. The minimum absolute atomic E-state index is 0.0218. The van der Waals surface area contributed by atoms with Crippen molar-refractivity contribution in [3.05, 3.63) is 69.2 Å². The summed E-state index contributed by atoms with van der Waals surface area (Å²) in [4.78, 5) is 17.3. The van der Waals surface area contributed by atoms with Gasteiger partial charge in [0, 0.05) is 32.9 Å². The highest BCUT2D eigenvalue weighted by Gasteiger charge is 2.16. The lowest BCUT2D eigenvalue weighted by Gasteiger charge is -2.17. The topological polar surface area (TPSA) is 50.7 Å². The van der Waals surface area contributed by atoms with Crippen molar-refractivity contribution in [2.75, 3.05) is 26.0 Å². The summed E-state index contributed by atoms with van der Waals surface area (Å²) in [5, 5.41) is 5.41. The van der Waals surface area contributed by atoms with Crippen LogP contribution in [0.1, 0.15) is 18.9 Å². The first-order valence-electron chi connectivity index (χ1n) is 10.5. The van der Waals surface area contributed by atoms with E-state index >= 15 is 0 Å². The number of hydrogen-bond donors (Lipinski definition) is 0. The van der Waals surface area contributed by atoms with Crippen LogP contribution in [-0.2, 0) is 19.8 Å². The van der Waals surface area contributed by atoms with Crippen LogP contribution < -0.4 is 10.5 Å². The van der Waals surface area contributed by atoms with Crippen molar-refractivity contribution in [2.24, 2.45) is 0 Å². The zero-order chi connectivity index (χ0) is 22.1. The summed E-state index contributed by atoms with van der Waals surface area (Å²) in [7, 11) is 6.12. The first-order valence-corrected chi connectivity index (χ1v) is 10.9. The molecule has 0 saturated heterocycles. The van der Waals surface area contributed by atoms with Crippen LogP contribution in [0.3, 0.4) is 0 Å². The maximum absolute atomic E-state index is 13.0. The molecule has 8 heteroatoms. The van der Waals surface area contributed by atoms with Gasteiger partial charge in [0.15, 0.2) is 0 Å². The van der Waals surface area contributed by atoms with Gasteiger partial charge in [-0.3, -0.25) is 18.7 Å². The largest absolute Gasteiger partial charge is 0.378 e. The Hall–Kier alpha value is -2.97. The fraction of sp³-hybridized carbons (Fsp3) is 0.348. The van der Waals surface area contributed by atoms with E-state index in [1.807, 2.05) is 49.8 Å². The van der Waals surface area contributed by atoms with Gasteiger partial charge in [-0.2, -0.15) is 0 Å². The van der Waals surface area contributed by atoms with Gasteiger partial charge in [-0.25, -0.2) is 4.68 Å². The smallest absolute Gasteiger partial charge is 0.262 e. The van der Waals surface area contributed by atoms with Crippen LogP contribution in [0.2, 0.25) is 0 Å². The van der Waals surface area contributed by atoms with Crippen LogP contribution in [-0.4, -0.2) is 44.8 Å². The third-order valence-electron chi connectivity index (χ3n) is 5.41. The minimum atomic E-state index is -0.0218.